The molecule has 1 fully saturated rings. The lowest BCUT2D eigenvalue weighted by molar-refractivity contribution is -0.139. The third-order valence-electron chi connectivity index (χ3n) is 3.92. The molecule has 0 saturated carbocycles. The van der Waals surface area contributed by atoms with E-state index in [9.17, 15) is 4.79 Å². The second kappa shape index (κ2) is 5.47. The summed E-state index contributed by atoms with van der Waals surface area (Å²) in [4.78, 5) is 11.0. The molecule has 2 aromatic carbocycles. The van der Waals surface area contributed by atoms with Gasteiger partial charge in [-0.25, -0.2) is 0 Å². The van der Waals surface area contributed by atoms with Crippen LogP contribution in [0, 0.1) is 0 Å². The number of carboxylic acid groups (broad SMARTS) is 1. The number of benzene rings is 2. The molecule has 2 aromatic rings. The normalized spacial score (nSPS) is 21.8. The Balaban J connectivity index is 1.76. The van der Waals surface area contributed by atoms with Crippen molar-refractivity contribution in [1.29, 1.82) is 0 Å². The van der Waals surface area contributed by atoms with Gasteiger partial charge in [0.1, 0.15) is 6.04 Å². The molecule has 0 bridgehead atoms. The van der Waals surface area contributed by atoms with Crippen molar-refractivity contribution in [2.24, 2.45) is 0 Å². The lowest BCUT2D eigenvalue weighted by Crippen LogP contribution is -2.29. The van der Waals surface area contributed by atoms with Crippen LogP contribution in [-0.2, 0) is 4.79 Å². The first kappa shape index (κ1) is 12.9. The maximum absolute atomic E-state index is 11.0. The predicted octanol–water partition coefficient (Wildman–Crippen LogP) is 2.88. The van der Waals surface area contributed by atoms with Gasteiger partial charge in [0.15, 0.2) is 0 Å². The van der Waals surface area contributed by atoms with E-state index in [1.54, 1.807) is 0 Å². The van der Waals surface area contributed by atoms with Gasteiger partial charge in [-0.2, -0.15) is 0 Å². The first-order chi connectivity index (χ1) is 9.74. The molecular formula is C17H17NO2. The number of nitrogens with one attached hydrogen (secondary N) is 1. The number of aliphatic carboxylic acids is 1. The van der Waals surface area contributed by atoms with Crippen LogP contribution in [0.3, 0.4) is 0 Å². The van der Waals surface area contributed by atoms with E-state index in [0.29, 0.717) is 12.3 Å². The number of rotatable bonds is 3. The number of carboxylic acids is 1. The van der Waals surface area contributed by atoms with Crippen LogP contribution < -0.4 is 5.32 Å². The molecule has 1 saturated heterocycles. The minimum atomic E-state index is -0.756. The van der Waals surface area contributed by atoms with Crippen molar-refractivity contribution in [3.05, 3.63) is 60.2 Å². The Morgan fingerprint density at radius 3 is 2.25 bits per heavy atom. The fourth-order valence-electron chi connectivity index (χ4n) is 2.76. The summed E-state index contributed by atoms with van der Waals surface area (Å²) in [5.74, 6) is -0.464. The molecule has 1 aliphatic heterocycles. The summed E-state index contributed by atoms with van der Waals surface area (Å²) in [6.45, 7) is 0.738. The molecule has 0 aromatic heterocycles. The maximum atomic E-state index is 11.0. The van der Waals surface area contributed by atoms with E-state index in [-0.39, 0.29) is 0 Å². The molecule has 20 heavy (non-hydrogen) atoms. The summed E-state index contributed by atoms with van der Waals surface area (Å²) in [6, 6.07) is 18.3. The molecule has 0 spiro atoms. The van der Waals surface area contributed by atoms with E-state index in [2.05, 4.69) is 41.7 Å². The van der Waals surface area contributed by atoms with Crippen LogP contribution in [0.15, 0.2) is 54.6 Å². The second-order valence-electron chi connectivity index (χ2n) is 5.22. The molecule has 1 heterocycles. The van der Waals surface area contributed by atoms with Crippen molar-refractivity contribution in [2.45, 2.75) is 18.4 Å². The van der Waals surface area contributed by atoms with Crippen LogP contribution in [0.4, 0.5) is 0 Å². The molecule has 2 atom stereocenters. The lowest BCUT2D eigenvalue weighted by atomic mass is 9.94. The standard InChI is InChI=1S/C17H17NO2/c19-17(20)16-10-15(11-18-16)14-8-6-13(7-9-14)12-4-2-1-3-5-12/h1-9,15-16,18H,10-11H2,(H,19,20)/t15-,16-/m0/s1. The van der Waals surface area contributed by atoms with Gasteiger partial charge < -0.3 is 10.4 Å². The molecule has 0 unspecified atom stereocenters. The average Bonchev–Trinajstić information content (AvgIpc) is 2.98. The van der Waals surface area contributed by atoms with Gasteiger partial charge >= 0.3 is 5.97 Å². The molecule has 102 valence electrons. The summed E-state index contributed by atoms with van der Waals surface area (Å²) < 4.78 is 0. The molecule has 3 rings (SSSR count). The van der Waals surface area contributed by atoms with Gasteiger partial charge in [0.25, 0.3) is 0 Å². The first-order valence-electron chi connectivity index (χ1n) is 6.85. The summed E-state index contributed by atoms with van der Waals surface area (Å²) >= 11 is 0. The summed E-state index contributed by atoms with van der Waals surface area (Å²) in [5, 5.41) is 12.1. The number of hydrogen-bond acceptors (Lipinski definition) is 2. The highest BCUT2D eigenvalue weighted by Gasteiger charge is 2.29. The average molecular weight is 267 g/mol. The Kier molecular flexibility index (Phi) is 3.52. The lowest BCUT2D eigenvalue weighted by Gasteiger charge is -2.10. The molecule has 3 heteroatoms. The molecular weight excluding hydrogens is 250 g/mol. The van der Waals surface area contributed by atoms with Gasteiger partial charge in [-0.15, -0.1) is 0 Å². The summed E-state index contributed by atoms with van der Waals surface area (Å²) in [5.41, 5.74) is 3.60. The largest absolute Gasteiger partial charge is 0.480 e. The fraction of sp³-hybridized carbons (Fsp3) is 0.235. The minimum absolute atomic E-state index is 0.293. The van der Waals surface area contributed by atoms with E-state index in [1.807, 2.05) is 18.2 Å². The zero-order chi connectivity index (χ0) is 13.9. The van der Waals surface area contributed by atoms with Gasteiger partial charge in [-0.1, -0.05) is 54.6 Å². The van der Waals surface area contributed by atoms with Crippen molar-refractivity contribution >= 4 is 5.97 Å². The smallest absolute Gasteiger partial charge is 0.320 e. The Hall–Kier alpha value is -2.13. The SMILES string of the molecule is O=C(O)[C@@H]1C[C@H](c2ccc(-c3ccccc3)cc2)CN1. The van der Waals surface area contributed by atoms with Crippen molar-refractivity contribution < 1.29 is 9.90 Å². The number of hydrogen-bond donors (Lipinski definition) is 2. The van der Waals surface area contributed by atoms with E-state index in [0.717, 1.165) is 6.54 Å². The maximum Gasteiger partial charge on any atom is 0.320 e. The van der Waals surface area contributed by atoms with Gasteiger partial charge in [0.05, 0.1) is 0 Å². The Bertz CT molecular complexity index is 592. The first-order valence-corrected chi connectivity index (χ1v) is 6.85. The number of carbonyl (C=O) groups is 1. The molecule has 0 radical (unpaired) electrons. The van der Waals surface area contributed by atoms with Crippen LogP contribution >= 0.6 is 0 Å². The third-order valence-corrected chi connectivity index (χ3v) is 3.92. The van der Waals surface area contributed by atoms with E-state index in [1.165, 1.54) is 16.7 Å². The van der Waals surface area contributed by atoms with E-state index in [4.69, 9.17) is 5.11 Å². The van der Waals surface area contributed by atoms with Gasteiger partial charge in [-0.3, -0.25) is 4.79 Å². The second-order valence-corrected chi connectivity index (χ2v) is 5.22. The zero-order valence-corrected chi connectivity index (χ0v) is 11.1. The monoisotopic (exact) mass is 267 g/mol. The van der Waals surface area contributed by atoms with Crippen molar-refractivity contribution in [2.75, 3.05) is 6.54 Å². The van der Waals surface area contributed by atoms with Crippen LogP contribution in [0.2, 0.25) is 0 Å². The van der Waals surface area contributed by atoms with Crippen molar-refractivity contribution in [3.8, 4) is 11.1 Å². The van der Waals surface area contributed by atoms with Gasteiger partial charge in [0.2, 0.25) is 0 Å². The van der Waals surface area contributed by atoms with Crippen LogP contribution in [0.5, 0.6) is 0 Å². The Labute approximate surface area is 118 Å². The van der Waals surface area contributed by atoms with Gasteiger partial charge in [-0.05, 0) is 29.0 Å². The predicted molar refractivity (Wildman–Crippen MR) is 78.7 cm³/mol. The van der Waals surface area contributed by atoms with Crippen molar-refractivity contribution in [3.63, 3.8) is 0 Å². The molecule has 2 N–H and O–H groups in total. The molecule has 0 amide bonds. The fourth-order valence-corrected chi connectivity index (χ4v) is 2.76. The quantitative estimate of drug-likeness (QED) is 0.899. The third kappa shape index (κ3) is 2.58. The van der Waals surface area contributed by atoms with E-state index < -0.39 is 12.0 Å². The topological polar surface area (TPSA) is 49.3 Å². The highest BCUT2D eigenvalue weighted by molar-refractivity contribution is 5.74. The molecule has 0 aliphatic carbocycles. The highest BCUT2D eigenvalue weighted by Crippen LogP contribution is 2.28. The summed E-state index contributed by atoms with van der Waals surface area (Å²) in [6.07, 6.45) is 0.667. The Morgan fingerprint density at radius 2 is 1.65 bits per heavy atom. The Morgan fingerprint density at radius 1 is 1.00 bits per heavy atom. The van der Waals surface area contributed by atoms with E-state index >= 15 is 0 Å². The summed E-state index contributed by atoms with van der Waals surface area (Å²) in [7, 11) is 0. The van der Waals surface area contributed by atoms with Crippen LogP contribution in [0.25, 0.3) is 11.1 Å². The zero-order valence-electron chi connectivity index (χ0n) is 11.1. The van der Waals surface area contributed by atoms with Crippen molar-refractivity contribution in [1.82, 2.24) is 5.32 Å². The minimum Gasteiger partial charge on any atom is -0.480 e. The molecule has 1 aliphatic rings. The highest BCUT2D eigenvalue weighted by atomic mass is 16.4. The van der Waals surface area contributed by atoms with Crippen LogP contribution in [0.1, 0.15) is 17.9 Å². The molecule has 3 nitrogen and oxygen atoms in total. The van der Waals surface area contributed by atoms with Crippen LogP contribution in [-0.4, -0.2) is 23.7 Å². The van der Waals surface area contributed by atoms with Gasteiger partial charge in [0, 0.05) is 6.54 Å².